The molecule has 0 saturated carbocycles. The molecule has 0 unspecified atom stereocenters. The quantitative estimate of drug-likeness (QED) is 0.380. The molecule has 2 aromatic rings. The molecule has 28 heavy (non-hydrogen) atoms. The molecule has 0 aliphatic carbocycles. The number of ether oxygens (including phenoxy) is 4. The van der Waals surface area contributed by atoms with Gasteiger partial charge in [0.2, 0.25) is 5.75 Å². The van der Waals surface area contributed by atoms with Crippen LogP contribution in [-0.2, 0) is 0 Å². The molecule has 0 fully saturated rings. The lowest BCUT2D eigenvalue weighted by Gasteiger charge is -2.12. The highest BCUT2D eigenvalue weighted by Crippen LogP contribution is 2.40. The summed E-state index contributed by atoms with van der Waals surface area (Å²) in [4.78, 5) is 21.0. The van der Waals surface area contributed by atoms with Crippen LogP contribution in [0.15, 0.2) is 24.3 Å². The number of nitro groups is 2. The van der Waals surface area contributed by atoms with Gasteiger partial charge in [-0.05, 0) is 23.3 Å². The van der Waals surface area contributed by atoms with Gasteiger partial charge < -0.3 is 18.9 Å². The van der Waals surface area contributed by atoms with Crippen LogP contribution in [0, 0.1) is 20.2 Å². The van der Waals surface area contributed by atoms with E-state index in [1.165, 1.54) is 39.5 Å². The molecular formula is C18H18N2O8. The molecule has 0 aliphatic heterocycles. The van der Waals surface area contributed by atoms with E-state index in [-0.39, 0.29) is 5.56 Å². The highest BCUT2D eigenvalue weighted by Gasteiger charge is 2.27. The van der Waals surface area contributed by atoms with Crippen LogP contribution in [-0.4, -0.2) is 38.3 Å². The maximum absolute atomic E-state index is 11.3. The summed E-state index contributed by atoms with van der Waals surface area (Å²) in [7, 11) is 5.56. The van der Waals surface area contributed by atoms with Gasteiger partial charge in [-0.1, -0.05) is 12.2 Å². The number of methoxy groups -OCH3 is 4. The van der Waals surface area contributed by atoms with E-state index in [4.69, 9.17) is 18.9 Å². The second-order valence-electron chi connectivity index (χ2n) is 5.40. The number of nitro benzene ring substituents is 2. The average molecular weight is 390 g/mol. The van der Waals surface area contributed by atoms with Crippen LogP contribution >= 0.6 is 0 Å². The van der Waals surface area contributed by atoms with Crippen molar-refractivity contribution in [2.75, 3.05) is 28.4 Å². The van der Waals surface area contributed by atoms with Crippen molar-refractivity contribution < 1.29 is 28.8 Å². The Labute approximate surface area is 160 Å². The maximum atomic E-state index is 11.3. The standard InChI is InChI=1S/C18H18N2O8/c1-25-15-9-12(10-16(26-2)18(15)28-4)6-5-11-7-13(19(21)22)17(27-3)14(8-11)20(23)24/h5-10H,1-4H3/b6-5+. The topological polar surface area (TPSA) is 123 Å². The second kappa shape index (κ2) is 8.71. The van der Waals surface area contributed by atoms with E-state index in [0.29, 0.717) is 22.8 Å². The van der Waals surface area contributed by atoms with E-state index in [2.05, 4.69) is 0 Å². The van der Waals surface area contributed by atoms with Crippen molar-refractivity contribution in [3.63, 3.8) is 0 Å². The van der Waals surface area contributed by atoms with Crippen LogP contribution in [0.4, 0.5) is 11.4 Å². The Kier molecular flexibility index (Phi) is 6.38. The molecule has 10 heteroatoms. The summed E-state index contributed by atoms with van der Waals surface area (Å²) in [6.07, 6.45) is 3.11. The van der Waals surface area contributed by atoms with Gasteiger partial charge in [0, 0.05) is 12.1 Å². The van der Waals surface area contributed by atoms with Gasteiger partial charge in [-0.3, -0.25) is 20.2 Å². The minimum absolute atomic E-state index is 0.257. The highest BCUT2D eigenvalue weighted by molar-refractivity contribution is 5.76. The summed E-state index contributed by atoms with van der Waals surface area (Å²) >= 11 is 0. The Morgan fingerprint density at radius 3 is 1.39 bits per heavy atom. The van der Waals surface area contributed by atoms with Crippen LogP contribution in [0.5, 0.6) is 23.0 Å². The average Bonchev–Trinajstić information content (AvgIpc) is 2.70. The zero-order valence-electron chi connectivity index (χ0n) is 15.6. The van der Waals surface area contributed by atoms with Gasteiger partial charge in [0.1, 0.15) is 0 Å². The minimum Gasteiger partial charge on any atom is -0.493 e. The third-order valence-electron chi connectivity index (χ3n) is 3.82. The number of benzene rings is 2. The highest BCUT2D eigenvalue weighted by atomic mass is 16.6. The Morgan fingerprint density at radius 2 is 1.07 bits per heavy atom. The second-order valence-corrected chi connectivity index (χ2v) is 5.40. The Hall–Kier alpha value is -3.82. The van der Waals surface area contributed by atoms with E-state index < -0.39 is 27.0 Å². The van der Waals surface area contributed by atoms with Gasteiger partial charge in [-0.2, -0.15) is 0 Å². The summed E-state index contributed by atoms with van der Waals surface area (Å²) < 4.78 is 20.6. The van der Waals surface area contributed by atoms with E-state index >= 15 is 0 Å². The van der Waals surface area contributed by atoms with Gasteiger partial charge >= 0.3 is 11.4 Å². The van der Waals surface area contributed by atoms with E-state index in [1.54, 1.807) is 18.2 Å². The third-order valence-corrected chi connectivity index (χ3v) is 3.82. The monoisotopic (exact) mass is 390 g/mol. The molecule has 0 amide bonds. The predicted molar refractivity (Wildman–Crippen MR) is 101 cm³/mol. The molecule has 2 rings (SSSR count). The van der Waals surface area contributed by atoms with Gasteiger partial charge in [0.15, 0.2) is 11.5 Å². The first-order valence-corrected chi connectivity index (χ1v) is 7.85. The van der Waals surface area contributed by atoms with Crippen molar-refractivity contribution in [2.24, 2.45) is 0 Å². The first-order chi connectivity index (χ1) is 13.4. The predicted octanol–water partition coefficient (Wildman–Crippen LogP) is 3.71. The molecule has 0 atom stereocenters. The van der Waals surface area contributed by atoms with Crippen LogP contribution in [0.25, 0.3) is 12.2 Å². The van der Waals surface area contributed by atoms with Crippen molar-refractivity contribution in [3.05, 3.63) is 55.6 Å². The lowest BCUT2D eigenvalue weighted by Crippen LogP contribution is -1.99. The van der Waals surface area contributed by atoms with E-state index in [0.717, 1.165) is 7.11 Å². The summed E-state index contributed by atoms with van der Waals surface area (Å²) in [5.74, 6) is 0.860. The molecule has 0 N–H and O–H groups in total. The van der Waals surface area contributed by atoms with Crippen LogP contribution in [0.1, 0.15) is 11.1 Å². The number of hydrogen-bond donors (Lipinski definition) is 0. The molecule has 0 aromatic heterocycles. The first kappa shape index (κ1) is 20.5. The summed E-state index contributed by atoms with van der Waals surface area (Å²) in [5.41, 5.74) is -0.106. The molecule has 10 nitrogen and oxygen atoms in total. The third kappa shape index (κ3) is 4.11. The van der Waals surface area contributed by atoms with Gasteiger partial charge in [0.05, 0.1) is 38.3 Å². The zero-order chi connectivity index (χ0) is 20.8. The SMILES string of the molecule is COc1cc(/C=C/c2cc([N+](=O)[O-])c(OC)c([N+](=O)[O-])c2)cc(OC)c1OC. The number of nitrogens with zero attached hydrogens (tertiary/aromatic N) is 2. The Morgan fingerprint density at radius 1 is 0.679 bits per heavy atom. The van der Waals surface area contributed by atoms with Gasteiger partial charge in [-0.25, -0.2) is 0 Å². The fourth-order valence-electron chi connectivity index (χ4n) is 2.59. The smallest absolute Gasteiger partial charge is 0.318 e. The molecule has 0 saturated heterocycles. The van der Waals surface area contributed by atoms with Crippen molar-refractivity contribution in [2.45, 2.75) is 0 Å². The zero-order valence-corrected chi connectivity index (χ0v) is 15.6. The largest absolute Gasteiger partial charge is 0.493 e. The lowest BCUT2D eigenvalue weighted by molar-refractivity contribution is -0.395. The fraction of sp³-hybridized carbons (Fsp3) is 0.222. The maximum Gasteiger partial charge on any atom is 0.318 e. The number of hydrogen-bond acceptors (Lipinski definition) is 8. The Balaban J connectivity index is 2.55. The summed E-state index contributed by atoms with van der Waals surface area (Å²) in [6, 6.07) is 5.73. The summed E-state index contributed by atoms with van der Waals surface area (Å²) in [5, 5.41) is 22.5. The fourth-order valence-corrected chi connectivity index (χ4v) is 2.59. The molecule has 0 radical (unpaired) electrons. The lowest BCUT2D eigenvalue weighted by atomic mass is 10.1. The van der Waals surface area contributed by atoms with Crippen molar-refractivity contribution in [1.29, 1.82) is 0 Å². The molecule has 148 valence electrons. The Bertz CT molecular complexity index is 879. The van der Waals surface area contributed by atoms with E-state index in [9.17, 15) is 20.2 Å². The number of rotatable bonds is 8. The van der Waals surface area contributed by atoms with Crippen molar-refractivity contribution >= 4 is 23.5 Å². The first-order valence-electron chi connectivity index (χ1n) is 7.85. The van der Waals surface area contributed by atoms with Crippen LogP contribution < -0.4 is 18.9 Å². The minimum atomic E-state index is -0.734. The molecular weight excluding hydrogens is 372 g/mol. The molecule has 2 aromatic carbocycles. The van der Waals surface area contributed by atoms with Crippen LogP contribution in [0.3, 0.4) is 0 Å². The molecule has 0 heterocycles. The normalized spacial score (nSPS) is 10.6. The van der Waals surface area contributed by atoms with Crippen molar-refractivity contribution in [1.82, 2.24) is 0 Å². The van der Waals surface area contributed by atoms with Crippen LogP contribution in [0.2, 0.25) is 0 Å². The molecule has 0 spiro atoms. The van der Waals surface area contributed by atoms with Gasteiger partial charge in [-0.15, -0.1) is 0 Å². The summed E-state index contributed by atoms with van der Waals surface area (Å²) in [6.45, 7) is 0. The van der Waals surface area contributed by atoms with Crippen molar-refractivity contribution in [3.8, 4) is 23.0 Å². The van der Waals surface area contributed by atoms with E-state index in [1.807, 2.05) is 0 Å². The molecule has 0 aliphatic rings. The van der Waals surface area contributed by atoms with Gasteiger partial charge in [0.25, 0.3) is 5.75 Å². The molecule has 0 bridgehead atoms.